The van der Waals surface area contributed by atoms with Crippen molar-refractivity contribution in [1.29, 1.82) is 0 Å². The Bertz CT molecular complexity index is 406. The lowest BCUT2D eigenvalue weighted by Crippen LogP contribution is -2.05. The Morgan fingerprint density at radius 3 is 3.23 bits per heavy atom. The highest BCUT2D eigenvalue weighted by atomic mass is 16.3. The Morgan fingerprint density at radius 2 is 2.46 bits per heavy atom. The van der Waals surface area contributed by atoms with Crippen LogP contribution < -0.4 is 0 Å². The Labute approximate surface area is 76.0 Å². The van der Waals surface area contributed by atoms with Gasteiger partial charge in [-0.3, -0.25) is 4.98 Å². The highest BCUT2D eigenvalue weighted by Gasteiger charge is 2.02. The molecule has 0 fully saturated rings. The first kappa shape index (κ1) is 8.26. The number of hydrogen-bond acceptors (Lipinski definition) is 3. The maximum absolute atomic E-state index is 9.17. The highest BCUT2D eigenvalue weighted by Crippen LogP contribution is 2.15. The number of aromatic nitrogens is 1. The van der Waals surface area contributed by atoms with Crippen molar-refractivity contribution >= 4 is 11.0 Å². The number of aliphatic hydroxyl groups excluding tert-OH is 1. The molecule has 0 bridgehead atoms. The van der Waals surface area contributed by atoms with Crippen LogP contribution in [0, 0.1) is 0 Å². The molecule has 13 heavy (non-hydrogen) atoms. The number of nitrogens with zero attached hydrogens (tertiary/aromatic N) is 1. The fourth-order valence-corrected chi connectivity index (χ4v) is 1.33. The molecule has 68 valence electrons. The van der Waals surface area contributed by atoms with E-state index in [2.05, 4.69) is 4.98 Å². The molecule has 3 nitrogen and oxygen atoms in total. The van der Waals surface area contributed by atoms with Gasteiger partial charge in [-0.05, 0) is 19.1 Å². The Morgan fingerprint density at radius 1 is 1.62 bits per heavy atom. The summed E-state index contributed by atoms with van der Waals surface area (Å²) in [4.78, 5) is 4.17. The fraction of sp³-hybridized carbons (Fsp3) is 0.300. The number of aliphatic hydroxyl groups is 1. The van der Waals surface area contributed by atoms with Crippen molar-refractivity contribution in [2.75, 3.05) is 0 Å². The second kappa shape index (κ2) is 3.18. The molecule has 0 aliphatic carbocycles. The SMILES string of the molecule is C[C@@H](O)Cc1cc2ccoc2cn1. The fourth-order valence-electron chi connectivity index (χ4n) is 1.33. The van der Waals surface area contributed by atoms with Crippen LogP contribution in [0.25, 0.3) is 11.0 Å². The Kier molecular flexibility index (Phi) is 2.02. The van der Waals surface area contributed by atoms with Crippen molar-refractivity contribution in [1.82, 2.24) is 4.98 Å². The minimum Gasteiger partial charge on any atom is -0.463 e. The van der Waals surface area contributed by atoms with E-state index in [-0.39, 0.29) is 6.10 Å². The van der Waals surface area contributed by atoms with Crippen LogP contribution in [0.4, 0.5) is 0 Å². The topological polar surface area (TPSA) is 46.3 Å². The highest BCUT2D eigenvalue weighted by molar-refractivity contribution is 5.76. The average molecular weight is 177 g/mol. The summed E-state index contributed by atoms with van der Waals surface area (Å²) >= 11 is 0. The largest absolute Gasteiger partial charge is 0.463 e. The van der Waals surface area contributed by atoms with Crippen LogP contribution in [0.2, 0.25) is 0 Å². The first-order chi connectivity index (χ1) is 6.25. The third-order valence-electron chi connectivity index (χ3n) is 1.90. The molecule has 0 aliphatic rings. The summed E-state index contributed by atoms with van der Waals surface area (Å²) in [6, 6.07) is 3.83. The molecule has 2 aromatic heterocycles. The van der Waals surface area contributed by atoms with Crippen molar-refractivity contribution in [3.8, 4) is 0 Å². The van der Waals surface area contributed by atoms with E-state index in [0.29, 0.717) is 6.42 Å². The normalized spacial score (nSPS) is 13.4. The smallest absolute Gasteiger partial charge is 0.152 e. The van der Waals surface area contributed by atoms with Gasteiger partial charge in [0.15, 0.2) is 5.58 Å². The van der Waals surface area contributed by atoms with Gasteiger partial charge in [-0.15, -0.1) is 0 Å². The first-order valence-corrected chi connectivity index (χ1v) is 4.26. The summed E-state index contributed by atoms with van der Waals surface area (Å²) in [5.41, 5.74) is 1.68. The second-order valence-electron chi connectivity index (χ2n) is 3.19. The Balaban J connectivity index is 2.37. The van der Waals surface area contributed by atoms with Crippen LogP contribution in [-0.4, -0.2) is 16.2 Å². The molecule has 0 unspecified atom stereocenters. The van der Waals surface area contributed by atoms with Crippen LogP contribution in [0.15, 0.2) is 29.0 Å². The summed E-state index contributed by atoms with van der Waals surface area (Å²) in [6.07, 6.45) is 3.56. The molecule has 1 atom stereocenters. The predicted octanol–water partition coefficient (Wildman–Crippen LogP) is 1.75. The molecule has 0 aliphatic heterocycles. The number of pyridine rings is 1. The lowest BCUT2D eigenvalue weighted by molar-refractivity contribution is 0.194. The third-order valence-corrected chi connectivity index (χ3v) is 1.90. The molecule has 0 aromatic carbocycles. The number of furan rings is 1. The molecule has 0 saturated heterocycles. The molecule has 3 heteroatoms. The van der Waals surface area contributed by atoms with E-state index in [1.54, 1.807) is 19.4 Å². The van der Waals surface area contributed by atoms with Crippen molar-refractivity contribution in [3.05, 3.63) is 30.3 Å². The zero-order valence-corrected chi connectivity index (χ0v) is 7.40. The maximum atomic E-state index is 9.17. The molecule has 2 aromatic rings. The van der Waals surface area contributed by atoms with Gasteiger partial charge < -0.3 is 9.52 Å². The summed E-state index contributed by atoms with van der Waals surface area (Å²) in [5, 5.41) is 10.2. The zero-order chi connectivity index (χ0) is 9.26. The van der Waals surface area contributed by atoms with E-state index in [1.165, 1.54) is 0 Å². The number of fused-ring (bicyclic) bond motifs is 1. The number of hydrogen-bond donors (Lipinski definition) is 1. The molecule has 0 spiro atoms. The van der Waals surface area contributed by atoms with Gasteiger partial charge in [-0.25, -0.2) is 0 Å². The van der Waals surface area contributed by atoms with Gasteiger partial charge in [0.1, 0.15) is 0 Å². The average Bonchev–Trinajstić information content (AvgIpc) is 2.49. The summed E-state index contributed by atoms with van der Waals surface area (Å²) in [7, 11) is 0. The first-order valence-electron chi connectivity index (χ1n) is 4.26. The molecular weight excluding hydrogens is 166 g/mol. The lowest BCUT2D eigenvalue weighted by atomic mass is 10.2. The van der Waals surface area contributed by atoms with E-state index >= 15 is 0 Å². The quantitative estimate of drug-likeness (QED) is 0.760. The summed E-state index contributed by atoms with van der Waals surface area (Å²) in [5.74, 6) is 0. The van der Waals surface area contributed by atoms with Gasteiger partial charge in [-0.2, -0.15) is 0 Å². The van der Waals surface area contributed by atoms with Crippen molar-refractivity contribution in [2.45, 2.75) is 19.4 Å². The van der Waals surface area contributed by atoms with Crippen molar-refractivity contribution in [2.24, 2.45) is 0 Å². The molecule has 2 rings (SSSR count). The van der Waals surface area contributed by atoms with E-state index in [9.17, 15) is 0 Å². The summed E-state index contributed by atoms with van der Waals surface area (Å²) < 4.78 is 5.15. The van der Waals surface area contributed by atoms with Gasteiger partial charge in [0.25, 0.3) is 0 Å². The Hall–Kier alpha value is -1.35. The molecule has 2 heterocycles. The number of rotatable bonds is 2. The van der Waals surface area contributed by atoms with Gasteiger partial charge >= 0.3 is 0 Å². The van der Waals surface area contributed by atoms with Gasteiger partial charge in [0.05, 0.1) is 18.6 Å². The van der Waals surface area contributed by atoms with E-state index < -0.39 is 0 Å². The molecule has 0 radical (unpaired) electrons. The van der Waals surface area contributed by atoms with Crippen molar-refractivity contribution < 1.29 is 9.52 Å². The van der Waals surface area contributed by atoms with Crippen LogP contribution in [0.1, 0.15) is 12.6 Å². The second-order valence-corrected chi connectivity index (χ2v) is 3.19. The van der Waals surface area contributed by atoms with Gasteiger partial charge in [-0.1, -0.05) is 0 Å². The van der Waals surface area contributed by atoms with Gasteiger partial charge in [0.2, 0.25) is 0 Å². The van der Waals surface area contributed by atoms with Crippen LogP contribution in [0.5, 0.6) is 0 Å². The van der Waals surface area contributed by atoms with Crippen molar-refractivity contribution in [3.63, 3.8) is 0 Å². The predicted molar refractivity (Wildman–Crippen MR) is 49.4 cm³/mol. The van der Waals surface area contributed by atoms with Crippen LogP contribution >= 0.6 is 0 Å². The lowest BCUT2D eigenvalue weighted by Gasteiger charge is -2.02. The molecule has 0 amide bonds. The van der Waals surface area contributed by atoms with Crippen LogP contribution in [0.3, 0.4) is 0 Å². The summed E-state index contributed by atoms with van der Waals surface area (Å²) in [6.45, 7) is 1.75. The zero-order valence-electron chi connectivity index (χ0n) is 7.40. The maximum Gasteiger partial charge on any atom is 0.152 e. The van der Waals surface area contributed by atoms with E-state index in [0.717, 1.165) is 16.7 Å². The third kappa shape index (κ3) is 1.70. The van der Waals surface area contributed by atoms with E-state index in [4.69, 9.17) is 9.52 Å². The minimum atomic E-state index is -0.350. The minimum absolute atomic E-state index is 0.350. The molecule has 0 saturated carbocycles. The van der Waals surface area contributed by atoms with Gasteiger partial charge in [0, 0.05) is 17.5 Å². The standard InChI is InChI=1S/C10H11NO2/c1-7(12)4-9-5-8-2-3-13-10(8)6-11-9/h2-3,5-7,12H,4H2,1H3/t7-/m1/s1. The van der Waals surface area contributed by atoms with Crippen LogP contribution in [-0.2, 0) is 6.42 Å². The molecule has 1 N–H and O–H groups in total. The monoisotopic (exact) mass is 177 g/mol. The molecular formula is C10H11NO2. The van der Waals surface area contributed by atoms with E-state index in [1.807, 2.05) is 12.1 Å².